The van der Waals surface area contributed by atoms with Gasteiger partial charge in [-0.15, -0.1) is 0 Å². The Labute approximate surface area is 249 Å². The second-order valence-corrected chi connectivity index (χ2v) is 10.6. The van der Waals surface area contributed by atoms with Crippen molar-refractivity contribution in [3.8, 4) is 55.9 Å². The molecule has 0 N–H and O–H groups in total. The number of nitrogens with zero attached hydrogens (tertiary/aromatic N) is 4. The third kappa shape index (κ3) is 4.65. The predicted molar refractivity (Wildman–Crippen MR) is 175 cm³/mol. The van der Waals surface area contributed by atoms with Gasteiger partial charge in [-0.1, -0.05) is 133 Å². The summed E-state index contributed by atoms with van der Waals surface area (Å²) in [7, 11) is 0. The molecule has 0 radical (unpaired) electrons. The van der Waals surface area contributed by atoms with Crippen LogP contribution in [-0.4, -0.2) is 19.6 Å². The summed E-state index contributed by atoms with van der Waals surface area (Å²) < 4.78 is 1.86. The van der Waals surface area contributed by atoms with Gasteiger partial charge >= 0.3 is 0 Å². The highest BCUT2D eigenvalue weighted by Crippen LogP contribution is 2.35. The van der Waals surface area contributed by atoms with Gasteiger partial charge in [-0.2, -0.15) is 5.10 Å². The smallest absolute Gasteiger partial charge is 0.163 e. The van der Waals surface area contributed by atoms with E-state index < -0.39 is 0 Å². The van der Waals surface area contributed by atoms with Crippen molar-refractivity contribution in [3.05, 3.63) is 158 Å². The molecule has 0 saturated heterocycles. The lowest BCUT2D eigenvalue weighted by Gasteiger charge is -2.12. The molecule has 0 unspecified atom stereocenters. The van der Waals surface area contributed by atoms with Gasteiger partial charge in [-0.25, -0.2) is 14.5 Å². The van der Waals surface area contributed by atoms with Gasteiger partial charge in [0.05, 0.1) is 11.4 Å². The number of benzene rings is 5. The van der Waals surface area contributed by atoms with Crippen LogP contribution in [0.1, 0.15) is 0 Å². The summed E-state index contributed by atoms with van der Waals surface area (Å²) >= 11 is 0. The third-order valence-electron chi connectivity index (χ3n) is 7.98. The van der Waals surface area contributed by atoms with E-state index in [1.54, 1.807) is 6.33 Å². The molecule has 0 bridgehead atoms. The van der Waals surface area contributed by atoms with E-state index in [1.807, 2.05) is 22.8 Å². The molecule has 0 spiro atoms. The molecule has 4 heteroatoms. The van der Waals surface area contributed by atoms with Crippen molar-refractivity contribution < 1.29 is 0 Å². The molecule has 8 rings (SSSR count). The lowest BCUT2D eigenvalue weighted by Crippen LogP contribution is -1.93. The fourth-order valence-electron chi connectivity index (χ4n) is 5.79. The number of hydrogen-bond acceptors (Lipinski definition) is 3. The lowest BCUT2D eigenvalue weighted by atomic mass is 9.95. The fraction of sp³-hybridized carbons (Fsp3) is 0. The van der Waals surface area contributed by atoms with Crippen molar-refractivity contribution in [1.82, 2.24) is 19.6 Å². The first-order valence-corrected chi connectivity index (χ1v) is 14.4. The zero-order valence-corrected chi connectivity index (χ0v) is 23.3. The van der Waals surface area contributed by atoms with Gasteiger partial charge in [0.1, 0.15) is 6.33 Å². The van der Waals surface area contributed by atoms with Crippen LogP contribution in [0.4, 0.5) is 0 Å². The predicted octanol–water partition coefficient (Wildman–Crippen LogP) is 9.61. The molecule has 0 aliphatic rings. The highest BCUT2D eigenvalue weighted by atomic mass is 15.3. The van der Waals surface area contributed by atoms with Gasteiger partial charge in [0.2, 0.25) is 0 Å². The minimum Gasteiger partial charge on any atom is -0.248 e. The fourth-order valence-corrected chi connectivity index (χ4v) is 5.79. The number of fused-ring (bicyclic) bond motifs is 2. The first-order valence-electron chi connectivity index (χ1n) is 14.4. The van der Waals surface area contributed by atoms with Crippen LogP contribution in [0.3, 0.4) is 0 Å². The molecule has 5 aromatic carbocycles. The van der Waals surface area contributed by atoms with Crippen LogP contribution < -0.4 is 0 Å². The van der Waals surface area contributed by atoms with E-state index in [1.165, 1.54) is 10.9 Å². The van der Waals surface area contributed by atoms with Crippen molar-refractivity contribution in [3.63, 3.8) is 0 Å². The van der Waals surface area contributed by atoms with Crippen molar-refractivity contribution in [2.45, 2.75) is 0 Å². The molecule has 202 valence electrons. The lowest BCUT2D eigenvalue weighted by molar-refractivity contribution is 0.970. The standard InChI is InChI=1S/C39H26N4/c1-3-9-30(10-4-1)36-23-34(24-37(42-36)31-11-5-2-6-12-31)29-17-15-27(16-18-29)28-19-21-32(22-20-28)38-35-14-8-7-13-33(35)25-43-39(38)40-26-41-43/h1-26H. The monoisotopic (exact) mass is 550 g/mol. The quantitative estimate of drug-likeness (QED) is 0.214. The van der Waals surface area contributed by atoms with Gasteiger partial charge < -0.3 is 0 Å². The summed E-state index contributed by atoms with van der Waals surface area (Å²) in [5, 5.41) is 6.71. The van der Waals surface area contributed by atoms with Crippen molar-refractivity contribution in [2.75, 3.05) is 0 Å². The van der Waals surface area contributed by atoms with Crippen LogP contribution in [0.15, 0.2) is 158 Å². The summed E-state index contributed by atoms with van der Waals surface area (Å²) in [6.45, 7) is 0. The van der Waals surface area contributed by atoms with Crippen molar-refractivity contribution in [2.24, 2.45) is 0 Å². The summed E-state index contributed by atoms with van der Waals surface area (Å²) in [6.07, 6.45) is 3.65. The van der Waals surface area contributed by atoms with Crippen molar-refractivity contribution in [1.29, 1.82) is 0 Å². The Balaban J connectivity index is 1.15. The average Bonchev–Trinajstić information content (AvgIpc) is 3.56. The summed E-state index contributed by atoms with van der Waals surface area (Å²) in [4.78, 5) is 9.58. The van der Waals surface area contributed by atoms with Crippen LogP contribution in [0.25, 0.3) is 72.3 Å². The summed E-state index contributed by atoms with van der Waals surface area (Å²) in [6, 6.07) is 51.0. The highest BCUT2D eigenvalue weighted by molar-refractivity contribution is 6.02. The van der Waals surface area contributed by atoms with Gasteiger partial charge in [-0.05, 0) is 45.3 Å². The first-order chi connectivity index (χ1) is 21.3. The Hall–Kier alpha value is -5.87. The maximum atomic E-state index is 5.02. The maximum absolute atomic E-state index is 5.02. The SMILES string of the molecule is c1ccc(-c2cc(-c3ccc(-c4ccc(-c5c6ccccc6cn6ncnc56)cc4)cc3)cc(-c3ccccc3)n2)cc1. The third-order valence-corrected chi connectivity index (χ3v) is 7.98. The van der Waals surface area contributed by atoms with E-state index in [0.717, 1.165) is 61.4 Å². The Morgan fingerprint density at radius 3 is 1.56 bits per heavy atom. The van der Waals surface area contributed by atoms with Crippen LogP contribution in [-0.2, 0) is 0 Å². The van der Waals surface area contributed by atoms with E-state index >= 15 is 0 Å². The van der Waals surface area contributed by atoms with Crippen LogP contribution in [0.2, 0.25) is 0 Å². The first kappa shape index (κ1) is 24.9. The Bertz CT molecular complexity index is 2140. The van der Waals surface area contributed by atoms with E-state index in [2.05, 4.69) is 144 Å². The number of rotatable bonds is 5. The molecule has 0 aliphatic carbocycles. The topological polar surface area (TPSA) is 43.1 Å². The largest absolute Gasteiger partial charge is 0.248 e. The number of hydrogen-bond donors (Lipinski definition) is 0. The number of pyridine rings is 2. The van der Waals surface area contributed by atoms with E-state index in [-0.39, 0.29) is 0 Å². The Kier molecular flexibility index (Phi) is 6.08. The van der Waals surface area contributed by atoms with Crippen LogP contribution in [0, 0.1) is 0 Å². The molecular formula is C39H26N4. The van der Waals surface area contributed by atoms with E-state index in [0.29, 0.717) is 0 Å². The van der Waals surface area contributed by atoms with Gasteiger partial charge in [0.15, 0.2) is 5.65 Å². The van der Waals surface area contributed by atoms with E-state index in [9.17, 15) is 0 Å². The second kappa shape index (κ2) is 10.5. The second-order valence-electron chi connectivity index (χ2n) is 10.6. The van der Waals surface area contributed by atoms with Gasteiger partial charge in [-0.3, -0.25) is 0 Å². The zero-order valence-electron chi connectivity index (χ0n) is 23.3. The molecule has 0 fully saturated rings. The molecule has 4 nitrogen and oxygen atoms in total. The maximum Gasteiger partial charge on any atom is 0.163 e. The normalized spacial score (nSPS) is 11.3. The van der Waals surface area contributed by atoms with Crippen LogP contribution in [0.5, 0.6) is 0 Å². The molecule has 0 aliphatic heterocycles. The Morgan fingerprint density at radius 1 is 0.442 bits per heavy atom. The van der Waals surface area contributed by atoms with Crippen LogP contribution >= 0.6 is 0 Å². The molecule has 0 saturated carbocycles. The van der Waals surface area contributed by atoms with Crippen molar-refractivity contribution >= 4 is 16.4 Å². The summed E-state index contributed by atoms with van der Waals surface area (Å²) in [5.41, 5.74) is 11.8. The molecule has 43 heavy (non-hydrogen) atoms. The molecule has 3 aromatic heterocycles. The zero-order chi connectivity index (χ0) is 28.6. The molecular weight excluding hydrogens is 524 g/mol. The van der Waals surface area contributed by atoms with Gasteiger partial charge in [0.25, 0.3) is 0 Å². The molecule has 3 heterocycles. The minimum atomic E-state index is 0.859. The Morgan fingerprint density at radius 2 is 0.953 bits per heavy atom. The van der Waals surface area contributed by atoms with E-state index in [4.69, 9.17) is 4.98 Å². The average molecular weight is 551 g/mol. The minimum absolute atomic E-state index is 0.859. The molecule has 8 aromatic rings. The van der Waals surface area contributed by atoms with Gasteiger partial charge in [0, 0.05) is 28.3 Å². The number of aromatic nitrogens is 4. The summed E-state index contributed by atoms with van der Waals surface area (Å²) in [5.74, 6) is 0. The molecule has 0 atom stereocenters. The molecule has 0 amide bonds. The highest BCUT2D eigenvalue weighted by Gasteiger charge is 2.13.